The molecule has 20 heavy (non-hydrogen) atoms. The highest BCUT2D eigenvalue weighted by atomic mass is 79.9. The normalized spacial score (nSPS) is 22.1. The minimum absolute atomic E-state index is 0.0961. The van der Waals surface area contributed by atoms with Gasteiger partial charge in [0.05, 0.1) is 0 Å². The molecule has 0 spiro atoms. The zero-order valence-corrected chi connectivity index (χ0v) is 13.4. The highest BCUT2D eigenvalue weighted by Crippen LogP contribution is 2.39. The van der Waals surface area contributed by atoms with Gasteiger partial charge in [0.15, 0.2) is 11.6 Å². The quantitative estimate of drug-likeness (QED) is 0.734. The van der Waals surface area contributed by atoms with Gasteiger partial charge in [0.1, 0.15) is 22.9 Å². The van der Waals surface area contributed by atoms with Gasteiger partial charge in [-0.3, -0.25) is 9.59 Å². The molecule has 0 N–H and O–H groups in total. The predicted molar refractivity (Wildman–Crippen MR) is 76.1 cm³/mol. The van der Waals surface area contributed by atoms with Crippen molar-refractivity contribution in [2.24, 2.45) is 0 Å². The summed E-state index contributed by atoms with van der Waals surface area (Å²) < 4.78 is 20.2. The molecular formula is C15H16BrFO3. The lowest BCUT2D eigenvalue weighted by Crippen LogP contribution is -2.58. The number of ether oxygens (including phenoxy) is 1. The Balaban J connectivity index is 2.60. The molecule has 0 aromatic heterocycles. The number of halogens is 2. The van der Waals surface area contributed by atoms with Crippen LogP contribution in [0.1, 0.15) is 39.2 Å². The number of ketones is 2. The predicted octanol–water partition coefficient (Wildman–Crippen LogP) is 3.40. The maximum Gasteiger partial charge on any atom is 0.179 e. The highest BCUT2D eigenvalue weighted by molar-refractivity contribution is 9.10. The number of rotatable bonds is 1. The molecule has 1 fully saturated rings. The first-order valence-electron chi connectivity index (χ1n) is 6.30. The Labute approximate surface area is 125 Å². The summed E-state index contributed by atoms with van der Waals surface area (Å²) in [6.07, 6.45) is 0. The molecule has 0 saturated carbocycles. The van der Waals surface area contributed by atoms with Crippen molar-refractivity contribution in [2.75, 3.05) is 0 Å². The summed E-state index contributed by atoms with van der Waals surface area (Å²) in [4.78, 5) is 25.0. The van der Waals surface area contributed by atoms with Crippen LogP contribution in [0.15, 0.2) is 22.7 Å². The molecule has 1 saturated heterocycles. The summed E-state index contributed by atoms with van der Waals surface area (Å²) in [7, 11) is 0. The number of benzene rings is 1. The van der Waals surface area contributed by atoms with Crippen LogP contribution in [-0.2, 0) is 14.3 Å². The molecule has 1 aromatic rings. The van der Waals surface area contributed by atoms with Gasteiger partial charge in [-0.1, -0.05) is 15.9 Å². The number of hydrogen-bond donors (Lipinski definition) is 0. The summed E-state index contributed by atoms with van der Waals surface area (Å²) in [5, 5.41) is 0. The van der Waals surface area contributed by atoms with E-state index in [-0.39, 0.29) is 5.56 Å². The Hall–Kier alpha value is -1.07. The first-order chi connectivity index (χ1) is 9.06. The van der Waals surface area contributed by atoms with Gasteiger partial charge in [0.2, 0.25) is 0 Å². The molecule has 0 amide bonds. The fourth-order valence-electron chi connectivity index (χ4n) is 2.57. The van der Waals surface area contributed by atoms with Crippen molar-refractivity contribution < 1.29 is 18.7 Å². The maximum absolute atomic E-state index is 14.0. The minimum atomic E-state index is -1.13. The molecular weight excluding hydrogens is 327 g/mol. The van der Waals surface area contributed by atoms with E-state index in [1.807, 2.05) is 0 Å². The van der Waals surface area contributed by atoms with E-state index in [4.69, 9.17) is 4.74 Å². The molecule has 1 aliphatic rings. The third-order valence-electron chi connectivity index (χ3n) is 3.49. The van der Waals surface area contributed by atoms with Gasteiger partial charge in [0, 0.05) is 10.0 Å². The van der Waals surface area contributed by atoms with Crippen LogP contribution in [0.4, 0.5) is 4.39 Å². The van der Waals surface area contributed by atoms with Crippen molar-refractivity contribution in [1.82, 2.24) is 0 Å². The van der Waals surface area contributed by atoms with Crippen LogP contribution in [0.5, 0.6) is 0 Å². The van der Waals surface area contributed by atoms with Crippen LogP contribution in [0, 0.1) is 5.82 Å². The summed E-state index contributed by atoms with van der Waals surface area (Å²) in [5.74, 6) is -2.53. The Bertz CT molecular complexity index is 567. The van der Waals surface area contributed by atoms with Crippen LogP contribution < -0.4 is 0 Å². The van der Waals surface area contributed by atoms with Gasteiger partial charge in [-0.05, 0) is 45.9 Å². The molecule has 0 bridgehead atoms. The lowest BCUT2D eigenvalue weighted by Gasteiger charge is -2.42. The number of Topliss-reactive ketones (excluding diaryl/α,β-unsaturated/α-hetero) is 2. The van der Waals surface area contributed by atoms with Gasteiger partial charge in [-0.25, -0.2) is 4.39 Å². The summed E-state index contributed by atoms with van der Waals surface area (Å²) in [6, 6.07) is 4.26. The Kier molecular flexibility index (Phi) is 3.63. The van der Waals surface area contributed by atoms with E-state index in [1.54, 1.807) is 27.7 Å². The van der Waals surface area contributed by atoms with E-state index in [1.165, 1.54) is 18.2 Å². The maximum atomic E-state index is 14.0. The average molecular weight is 343 g/mol. The molecule has 0 atom stereocenters. The van der Waals surface area contributed by atoms with Crippen molar-refractivity contribution in [3.8, 4) is 0 Å². The lowest BCUT2D eigenvalue weighted by molar-refractivity contribution is -0.184. The smallest absolute Gasteiger partial charge is 0.179 e. The Morgan fingerprint density at radius 2 is 1.60 bits per heavy atom. The fraction of sp³-hybridized carbons (Fsp3) is 0.467. The zero-order valence-electron chi connectivity index (χ0n) is 11.8. The second-order valence-electron chi connectivity index (χ2n) is 5.95. The molecule has 1 aliphatic heterocycles. The second-order valence-corrected chi connectivity index (χ2v) is 6.87. The molecule has 0 unspecified atom stereocenters. The van der Waals surface area contributed by atoms with E-state index >= 15 is 0 Å². The fourth-order valence-corrected chi connectivity index (χ4v) is 2.95. The SMILES string of the molecule is CC1(C)OC(C)(C)C(=O)C(c2cc(Br)ccc2F)C1=O. The van der Waals surface area contributed by atoms with E-state index in [0.29, 0.717) is 4.47 Å². The first-order valence-corrected chi connectivity index (χ1v) is 7.09. The van der Waals surface area contributed by atoms with E-state index < -0.39 is 34.5 Å². The van der Waals surface area contributed by atoms with Crippen LogP contribution in [0.25, 0.3) is 0 Å². The van der Waals surface area contributed by atoms with Gasteiger partial charge in [-0.2, -0.15) is 0 Å². The number of hydrogen-bond acceptors (Lipinski definition) is 3. The van der Waals surface area contributed by atoms with Crippen LogP contribution in [0.2, 0.25) is 0 Å². The summed E-state index contributed by atoms with van der Waals surface area (Å²) >= 11 is 3.24. The molecule has 1 aromatic carbocycles. The monoisotopic (exact) mass is 342 g/mol. The Morgan fingerprint density at radius 1 is 1.10 bits per heavy atom. The molecule has 3 nitrogen and oxygen atoms in total. The van der Waals surface area contributed by atoms with E-state index in [9.17, 15) is 14.0 Å². The van der Waals surface area contributed by atoms with E-state index in [0.717, 1.165) is 0 Å². The highest BCUT2D eigenvalue weighted by Gasteiger charge is 2.53. The van der Waals surface area contributed by atoms with Crippen molar-refractivity contribution in [1.29, 1.82) is 0 Å². The minimum Gasteiger partial charge on any atom is -0.354 e. The van der Waals surface area contributed by atoms with Gasteiger partial charge in [0.25, 0.3) is 0 Å². The number of carbonyl (C=O) groups is 2. The molecule has 2 rings (SSSR count). The molecule has 0 radical (unpaired) electrons. The molecule has 1 heterocycles. The zero-order chi connectivity index (χ0) is 15.3. The van der Waals surface area contributed by atoms with Crippen molar-refractivity contribution in [2.45, 2.75) is 44.8 Å². The standard InChI is InChI=1S/C15H16BrFO3/c1-14(2)12(18)11(13(19)15(3,4)20-14)9-7-8(16)5-6-10(9)17/h5-7,11H,1-4H3. The topological polar surface area (TPSA) is 43.4 Å². The third-order valence-corrected chi connectivity index (χ3v) is 3.98. The van der Waals surface area contributed by atoms with Crippen LogP contribution in [-0.4, -0.2) is 22.8 Å². The van der Waals surface area contributed by atoms with Crippen LogP contribution in [0.3, 0.4) is 0 Å². The van der Waals surface area contributed by atoms with Gasteiger partial charge >= 0.3 is 0 Å². The molecule has 5 heteroatoms. The van der Waals surface area contributed by atoms with Crippen molar-refractivity contribution in [3.63, 3.8) is 0 Å². The van der Waals surface area contributed by atoms with Gasteiger partial charge in [-0.15, -0.1) is 0 Å². The third kappa shape index (κ3) is 2.44. The van der Waals surface area contributed by atoms with Crippen LogP contribution >= 0.6 is 15.9 Å². The molecule has 0 aliphatic carbocycles. The lowest BCUT2D eigenvalue weighted by atomic mass is 9.75. The summed E-state index contributed by atoms with van der Waals surface area (Å²) in [6.45, 7) is 6.41. The first kappa shape index (κ1) is 15.3. The van der Waals surface area contributed by atoms with Gasteiger partial charge < -0.3 is 4.74 Å². The summed E-state index contributed by atoms with van der Waals surface area (Å²) in [5.41, 5.74) is -2.16. The van der Waals surface area contributed by atoms with E-state index in [2.05, 4.69) is 15.9 Å². The average Bonchev–Trinajstić information content (AvgIpc) is 2.30. The Morgan fingerprint density at radius 3 is 2.10 bits per heavy atom. The number of carbonyl (C=O) groups excluding carboxylic acids is 2. The second kappa shape index (κ2) is 4.74. The largest absolute Gasteiger partial charge is 0.354 e. The van der Waals surface area contributed by atoms with Crippen molar-refractivity contribution in [3.05, 3.63) is 34.1 Å². The molecule has 108 valence electrons. The van der Waals surface area contributed by atoms with Crippen molar-refractivity contribution >= 4 is 27.5 Å².